The minimum absolute atomic E-state index is 0.302. The first kappa shape index (κ1) is 16.8. The number of halogens is 1. The Kier molecular flexibility index (Phi) is 5.94. The summed E-state index contributed by atoms with van der Waals surface area (Å²) in [5, 5.41) is 3.26. The van der Waals surface area contributed by atoms with Crippen molar-refractivity contribution in [3.8, 4) is 0 Å². The Hall–Kier alpha value is -2.59. The number of benzene rings is 2. The lowest BCUT2D eigenvalue weighted by Gasteiger charge is -2.05. The van der Waals surface area contributed by atoms with E-state index in [1.54, 1.807) is 43.3 Å². The van der Waals surface area contributed by atoms with Crippen LogP contribution in [0.4, 0.5) is 5.69 Å². The van der Waals surface area contributed by atoms with E-state index < -0.39 is 5.97 Å². The molecule has 0 aliphatic heterocycles. The second-order valence-electron chi connectivity index (χ2n) is 4.65. The number of carbonyl (C=O) groups is 2. The third-order valence-electron chi connectivity index (χ3n) is 2.96. The Balaban J connectivity index is 2.04. The maximum absolute atomic E-state index is 11.9. The summed E-state index contributed by atoms with van der Waals surface area (Å²) in [7, 11) is 0. The van der Waals surface area contributed by atoms with Gasteiger partial charge in [0.1, 0.15) is 0 Å². The molecule has 0 aliphatic carbocycles. The smallest absolute Gasteiger partial charge is 0.338 e. The highest BCUT2D eigenvalue weighted by Crippen LogP contribution is 2.16. The lowest BCUT2D eigenvalue weighted by Crippen LogP contribution is -2.09. The van der Waals surface area contributed by atoms with Crippen molar-refractivity contribution in [2.75, 3.05) is 11.9 Å². The number of nitrogens with one attached hydrogen (secondary N) is 1. The number of hydrogen-bond donors (Lipinski definition) is 1. The van der Waals surface area contributed by atoms with Gasteiger partial charge in [-0.2, -0.15) is 0 Å². The molecule has 0 saturated carbocycles. The molecule has 23 heavy (non-hydrogen) atoms. The van der Waals surface area contributed by atoms with Crippen molar-refractivity contribution >= 4 is 35.2 Å². The Morgan fingerprint density at radius 3 is 2.70 bits per heavy atom. The number of hydrogen-bond acceptors (Lipinski definition) is 3. The van der Waals surface area contributed by atoms with Gasteiger partial charge in [0.25, 0.3) is 0 Å². The average Bonchev–Trinajstić information content (AvgIpc) is 2.54. The second-order valence-corrected chi connectivity index (χ2v) is 5.05. The topological polar surface area (TPSA) is 55.4 Å². The summed E-state index contributed by atoms with van der Waals surface area (Å²) in [4.78, 5) is 23.6. The van der Waals surface area contributed by atoms with E-state index >= 15 is 0 Å². The van der Waals surface area contributed by atoms with Crippen molar-refractivity contribution in [2.45, 2.75) is 6.92 Å². The SMILES string of the molecule is CCOC(=O)c1cccc(NC(=O)C=Cc2ccccc2Cl)c1. The lowest BCUT2D eigenvalue weighted by molar-refractivity contribution is -0.111. The molecule has 2 aromatic carbocycles. The Morgan fingerprint density at radius 1 is 1.17 bits per heavy atom. The van der Waals surface area contributed by atoms with Crippen molar-refractivity contribution in [1.29, 1.82) is 0 Å². The molecule has 0 spiro atoms. The molecule has 0 aliphatic rings. The summed E-state index contributed by atoms with van der Waals surface area (Å²) >= 11 is 6.02. The fourth-order valence-electron chi connectivity index (χ4n) is 1.90. The van der Waals surface area contributed by atoms with Crippen LogP contribution in [0.15, 0.2) is 54.6 Å². The highest BCUT2D eigenvalue weighted by Gasteiger charge is 2.07. The van der Waals surface area contributed by atoms with E-state index in [1.165, 1.54) is 6.08 Å². The normalized spacial score (nSPS) is 10.5. The summed E-state index contributed by atoms with van der Waals surface area (Å²) in [6, 6.07) is 13.8. The number of rotatable bonds is 5. The third kappa shape index (κ3) is 4.97. The van der Waals surface area contributed by atoms with Crippen molar-refractivity contribution in [3.63, 3.8) is 0 Å². The lowest BCUT2D eigenvalue weighted by atomic mass is 10.2. The molecule has 0 bridgehead atoms. The molecule has 0 atom stereocenters. The first-order valence-corrected chi connectivity index (χ1v) is 7.48. The molecule has 2 aromatic rings. The van der Waals surface area contributed by atoms with E-state index in [0.717, 1.165) is 5.56 Å². The standard InChI is InChI=1S/C18H16ClNO3/c1-2-23-18(22)14-7-5-8-15(12-14)20-17(21)11-10-13-6-3-4-9-16(13)19/h3-12H,2H2,1H3,(H,20,21). The van der Waals surface area contributed by atoms with Gasteiger partial charge in [-0.15, -0.1) is 0 Å². The van der Waals surface area contributed by atoms with Crippen LogP contribution in [-0.2, 0) is 9.53 Å². The van der Waals surface area contributed by atoms with Crippen LogP contribution in [-0.4, -0.2) is 18.5 Å². The number of carbonyl (C=O) groups excluding carboxylic acids is 2. The molecule has 0 saturated heterocycles. The third-order valence-corrected chi connectivity index (χ3v) is 3.30. The van der Waals surface area contributed by atoms with Crippen molar-refractivity contribution in [1.82, 2.24) is 0 Å². The van der Waals surface area contributed by atoms with Gasteiger partial charge in [-0.05, 0) is 42.8 Å². The Labute approximate surface area is 139 Å². The van der Waals surface area contributed by atoms with Gasteiger partial charge in [0.2, 0.25) is 5.91 Å². The van der Waals surface area contributed by atoms with E-state index in [1.807, 2.05) is 18.2 Å². The molecular formula is C18H16ClNO3. The maximum atomic E-state index is 11.9. The molecule has 2 rings (SSSR count). The quantitative estimate of drug-likeness (QED) is 0.661. The molecule has 0 radical (unpaired) electrons. The van der Waals surface area contributed by atoms with Crippen molar-refractivity contribution in [2.24, 2.45) is 0 Å². The minimum Gasteiger partial charge on any atom is -0.462 e. The Bertz CT molecular complexity index is 741. The van der Waals surface area contributed by atoms with Crippen molar-refractivity contribution in [3.05, 3.63) is 70.8 Å². The van der Waals surface area contributed by atoms with Crippen LogP contribution in [0.3, 0.4) is 0 Å². The van der Waals surface area contributed by atoms with Crippen LogP contribution < -0.4 is 5.32 Å². The molecule has 1 amide bonds. The van der Waals surface area contributed by atoms with Crippen LogP contribution in [0.1, 0.15) is 22.8 Å². The van der Waals surface area contributed by atoms with E-state index in [-0.39, 0.29) is 5.91 Å². The number of anilines is 1. The monoisotopic (exact) mass is 329 g/mol. The second kappa shape index (κ2) is 8.15. The number of amides is 1. The predicted molar refractivity (Wildman–Crippen MR) is 91.5 cm³/mol. The van der Waals surface area contributed by atoms with Gasteiger partial charge >= 0.3 is 5.97 Å². The van der Waals surface area contributed by atoms with Crippen LogP contribution in [0.2, 0.25) is 5.02 Å². The van der Waals surface area contributed by atoms with Gasteiger partial charge in [-0.3, -0.25) is 4.79 Å². The van der Waals surface area contributed by atoms with E-state index in [4.69, 9.17) is 16.3 Å². The summed E-state index contributed by atoms with van der Waals surface area (Å²) in [6.45, 7) is 2.04. The van der Waals surface area contributed by atoms with Gasteiger partial charge < -0.3 is 10.1 Å². The predicted octanol–water partition coefficient (Wildman–Crippen LogP) is 4.17. The summed E-state index contributed by atoms with van der Waals surface area (Å²) in [6.07, 6.45) is 3.02. The van der Waals surface area contributed by atoms with Crippen LogP contribution in [0.5, 0.6) is 0 Å². The fraction of sp³-hybridized carbons (Fsp3) is 0.111. The highest BCUT2D eigenvalue weighted by molar-refractivity contribution is 6.32. The zero-order chi connectivity index (χ0) is 16.7. The highest BCUT2D eigenvalue weighted by atomic mass is 35.5. The molecule has 0 aromatic heterocycles. The van der Waals surface area contributed by atoms with Gasteiger partial charge in [0.15, 0.2) is 0 Å². The molecule has 4 nitrogen and oxygen atoms in total. The molecule has 1 N–H and O–H groups in total. The molecule has 0 unspecified atom stereocenters. The van der Waals surface area contributed by atoms with E-state index in [9.17, 15) is 9.59 Å². The van der Waals surface area contributed by atoms with Crippen molar-refractivity contribution < 1.29 is 14.3 Å². The van der Waals surface area contributed by atoms with Gasteiger partial charge in [0, 0.05) is 16.8 Å². The zero-order valence-corrected chi connectivity index (χ0v) is 13.3. The van der Waals surface area contributed by atoms with Gasteiger partial charge in [0.05, 0.1) is 12.2 Å². The average molecular weight is 330 g/mol. The van der Waals surface area contributed by atoms with E-state index in [0.29, 0.717) is 22.9 Å². The summed E-state index contributed by atoms with van der Waals surface area (Å²) in [5.74, 6) is -0.735. The van der Waals surface area contributed by atoms with Crippen LogP contribution in [0, 0.1) is 0 Å². The molecule has 0 fully saturated rings. The van der Waals surface area contributed by atoms with Gasteiger partial charge in [-0.1, -0.05) is 35.9 Å². The van der Waals surface area contributed by atoms with E-state index in [2.05, 4.69) is 5.32 Å². The van der Waals surface area contributed by atoms with Crippen LogP contribution in [0.25, 0.3) is 6.08 Å². The largest absolute Gasteiger partial charge is 0.462 e. The maximum Gasteiger partial charge on any atom is 0.338 e. The Morgan fingerprint density at radius 2 is 1.96 bits per heavy atom. The molecule has 0 heterocycles. The molecule has 5 heteroatoms. The summed E-state index contributed by atoms with van der Waals surface area (Å²) < 4.78 is 4.93. The van der Waals surface area contributed by atoms with Crippen LogP contribution >= 0.6 is 11.6 Å². The number of ether oxygens (including phenoxy) is 1. The fourth-order valence-corrected chi connectivity index (χ4v) is 2.10. The number of esters is 1. The summed E-state index contributed by atoms with van der Waals surface area (Å²) in [5.41, 5.74) is 1.66. The first-order chi connectivity index (χ1) is 11.1. The minimum atomic E-state index is -0.421. The van der Waals surface area contributed by atoms with Gasteiger partial charge in [-0.25, -0.2) is 4.79 Å². The first-order valence-electron chi connectivity index (χ1n) is 7.11. The molecule has 118 valence electrons. The zero-order valence-electron chi connectivity index (χ0n) is 12.6. The molecular weight excluding hydrogens is 314 g/mol.